The van der Waals surface area contributed by atoms with E-state index in [-0.39, 0.29) is 5.97 Å². The predicted molar refractivity (Wildman–Crippen MR) is 84.0 cm³/mol. The number of carbonyl (C=O) groups is 1. The molecule has 0 aromatic carbocycles. The number of carbonyl (C=O) groups excluding carboxylic acids is 1. The van der Waals surface area contributed by atoms with Crippen molar-refractivity contribution in [3.05, 3.63) is 22.9 Å². The fourth-order valence-electron chi connectivity index (χ4n) is 1.95. The minimum Gasteiger partial charge on any atom is -0.466 e. The number of nitrogens with zero attached hydrogens (tertiary/aromatic N) is 1. The van der Waals surface area contributed by atoms with Gasteiger partial charge in [0, 0.05) is 18.7 Å². The number of pyridine rings is 1. The van der Waals surface area contributed by atoms with Crippen LogP contribution in [-0.2, 0) is 9.53 Å². The molecule has 1 aromatic heterocycles. The van der Waals surface area contributed by atoms with Crippen LogP contribution in [0.15, 0.2) is 6.07 Å². The first-order valence-electron chi connectivity index (χ1n) is 6.63. The van der Waals surface area contributed by atoms with Crippen molar-refractivity contribution in [3.63, 3.8) is 0 Å². The van der Waals surface area contributed by atoms with Crippen LogP contribution in [0.5, 0.6) is 0 Å². The summed E-state index contributed by atoms with van der Waals surface area (Å²) in [7, 11) is 0. The van der Waals surface area contributed by atoms with Crippen molar-refractivity contribution in [2.24, 2.45) is 5.73 Å². The van der Waals surface area contributed by atoms with Gasteiger partial charge in [0.25, 0.3) is 0 Å². The molecule has 0 aliphatic carbocycles. The zero-order chi connectivity index (χ0) is 15.1. The maximum Gasteiger partial charge on any atom is 0.305 e. The van der Waals surface area contributed by atoms with E-state index >= 15 is 0 Å². The molecule has 0 bridgehead atoms. The van der Waals surface area contributed by atoms with E-state index in [0.29, 0.717) is 36.8 Å². The number of hydrogen-bond donors (Lipinski definition) is 2. The molecule has 0 saturated heterocycles. The quantitative estimate of drug-likeness (QED) is 0.456. The summed E-state index contributed by atoms with van der Waals surface area (Å²) in [6, 6.07) is 1.94. The van der Waals surface area contributed by atoms with Crippen LogP contribution >= 0.6 is 12.2 Å². The van der Waals surface area contributed by atoms with Gasteiger partial charge in [0.05, 0.1) is 12.2 Å². The Kier molecular flexibility index (Phi) is 6.38. The van der Waals surface area contributed by atoms with E-state index in [9.17, 15) is 4.79 Å². The molecule has 0 unspecified atom stereocenters. The molecule has 3 N–H and O–H groups in total. The number of nitrogens with two attached hydrogens (primary N) is 1. The molecule has 110 valence electrons. The van der Waals surface area contributed by atoms with Crippen molar-refractivity contribution in [3.8, 4) is 0 Å². The maximum atomic E-state index is 11.2. The van der Waals surface area contributed by atoms with Gasteiger partial charge in [-0.2, -0.15) is 0 Å². The summed E-state index contributed by atoms with van der Waals surface area (Å²) >= 11 is 5.06. The summed E-state index contributed by atoms with van der Waals surface area (Å²) in [5.74, 6) is 0.496. The number of nitrogens with one attached hydrogen (secondary N) is 1. The van der Waals surface area contributed by atoms with E-state index in [2.05, 4.69) is 10.3 Å². The second-order valence-corrected chi connectivity index (χ2v) is 4.94. The summed E-state index contributed by atoms with van der Waals surface area (Å²) in [6.45, 7) is 6.69. The van der Waals surface area contributed by atoms with Gasteiger partial charge in [0.15, 0.2) is 0 Å². The normalized spacial score (nSPS) is 10.2. The molecular formula is C14H21N3O2S. The predicted octanol–water partition coefficient (Wildman–Crippen LogP) is 2.09. The number of ether oxygens (including phenoxy) is 1. The van der Waals surface area contributed by atoms with Crippen molar-refractivity contribution in [1.82, 2.24) is 4.98 Å². The highest BCUT2D eigenvalue weighted by Crippen LogP contribution is 2.18. The van der Waals surface area contributed by atoms with E-state index < -0.39 is 0 Å². The van der Waals surface area contributed by atoms with Crippen LogP contribution in [0.4, 0.5) is 5.82 Å². The van der Waals surface area contributed by atoms with E-state index in [0.717, 1.165) is 16.8 Å². The Bertz CT molecular complexity index is 503. The monoisotopic (exact) mass is 295 g/mol. The zero-order valence-corrected chi connectivity index (χ0v) is 13.0. The minimum absolute atomic E-state index is 0.183. The van der Waals surface area contributed by atoms with Crippen LogP contribution in [-0.4, -0.2) is 29.1 Å². The van der Waals surface area contributed by atoms with Crippen molar-refractivity contribution in [2.75, 3.05) is 18.5 Å². The smallest absolute Gasteiger partial charge is 0.305 e. The van der Waals surface area contributed by atoms with Crippen LogP contribution in [0.1, 0.15) is 36.6 Å². The molecule has 0 aliphatic rings. The number of rotatable bonds is 7. The Morgan fingerprint density at radius 2 is 2.20 bits per heavy atom. The van der Waals surface area contributed by atoms with E-state index in [4.69, 9.17) is 22.7 Å². The van der Waals surface area contributed by atoms with Crippen LogP contribution in [0.2, 0.25) is 0 Å². The van der Waals surface area contributed by atoms with Gasteiger partial charge in [0.2, 0.25) is 0 Å². The Hall–Kier alpha value is -1.69. The molecule has 1 rings (SSSR count). The number of anilines is 1. The lowest BCUT2D eigenvalue weighted by molar-refractivity contribution is -0.143. The van der Waals surface area contributed by atoms with Gasteiger partial charge in [0.1, 0.15) is 10.8 Å². The van der Waals surface area contributed by atoms with Crippen LogP contribution in [0.3, 0.4) is 0 Å². The number of aryl methyl sites for hydroxylation is 2. The highest BCUT2D eigenvalue weighted by molar-refractivity contribution is 7.80. The van der Waals surface area contributed by atoms with Gasteiger partial charge in [-0.3, -0.25) is 4.79 Å². The molecular weight excluding hydrogens is 274 g/mol. The summed E-state index contributed by atoms with van der Waals surface area (Å²) < 4.78 is 4.87. The van der Waals surface area contributed by atoms with Gasteiger partial charge in [-0.25, -0.2) is 4.98 Å². The van der Waals surface area contributed by atoms with Crippen molar-refractivity contribution in [1.29, 1.82) is 0 Å². The Morgan fingerprint density at radius 3 is 2.80 bits per heavy atom. The van der Waals surface area contributed by atoms with E-state index in [1.165, 1.54) is 0 Å². The lowest BCUT2D eigenvalue weighted by atomic mass is 10.1. The van der Waals surface area contributed by atoms with E-state index in [1.54, 1.807) is 6.92 Å². The summed E-state index contributed by atoms with van der Waals surface area (Å²) in [5, 5.41) is 3.19. The highest BCUT2D eigenvalue weighted by Gasteiger charge is 2.11. The summed E-state index contributed by atoms with van der Waals surface area (Å²) in [4.78, 5) is 16.0. The van der Waals surface area contributed by atoms with Crippen LogP contribution in [0.25, 0.3) is 0 Å². The molecule has 1 heterocycles. The van der Waals surface area contributed by atoms with Gasteiger partial charge in [-0.1, -0.05) is 12.2 Å². The second kappa shape index (κ2) is 7.79. The number of aromatic nitrogens is 1. The number of thiocarbonyl (C=S) groups is 1. The molecule has 0 radical (unpaired) electrons. The Labute approximate surface area is 124 Å². The standard InChI is InChI=1S/C14H21N3O2S/c1-4-19-11(18)6-5-7-16-14-12(13(15)20)9(2)8-10(3)17-14/h8H,4-7H2,1-3H3,(H2,15,20)(H,16,17). The van der Waals surface area contributed by atoms with Crippen molar-refractivity contribution < 1.29 is 9.53 Å². The fourth-order valence-corrected chi connectivity index (χ4v) is 2.21. The highest BCUT2D eigenvalue weighted by atomic mass is 32.1. The average molecular weight is 295 g/mol. The third-order valence-corrected chi connectivity index (χ3v) is 2.95. The van der Waals surface area contributed by atoms with Crippen molar-refractivity contribution >= 4 is 29.0 Å². The molecule has 0 spiro atoms. The molecule has 0 saturated carbocycles. The third kappa shape index (κ3) is 4.77. The van der Waals surface area contributed by atoms with Gasteiger partial charge < -0.3 is 15.8 Å². The molecule has 20 heavy (non-hydrogen) atoms. The minimum atomic E-state index is -0.183. The van der Waals surface area contributed by atoms with Gasteiger partial charge in [-0.05, 0) is 38.8 Å². The topological polar surface area (TPSA) is 77.2 Å². The van der Waals surface area contributed by atoms with Gasteiger partial charge >= 0.3 is 5.97 Å². The Balaban J connectivity index is 2.64. The van der Waals surface area contributed by atoms with Crippen molar-refractivity contribution in [2.45, 2.75) is 33.6 Å². The lowest BCUT2D eigenvalue weighted by Crippen LogP contribution is -2.17. The van der Waals surface area contributed by atoms with Crippen LogP contribution < -0.4 is 11.1 Å². The van der Waals surface area contributed by atoms with Gasteiger partial charge in [-0.15, -0.1) is 0 Å². The molecule has 0 amide bonds. The largest absolute Gasteiger partial charge is 0.466 e. The lowest BCUT2D eigenvalue weighted by Gasteiger charge is -2.13. The first-order valence-corrected chi connectivity index (χ1v) is 7.04. The summed E-state index contributed by atoms with van der Waals surface area (Å²) in [6.07, 6.45) is 1.05. The molecule has 1 aromatic rings. The van der Waals surface area contributed by atoms with E-state index in [1.807, 2.05) is 19.9 Å². The zero-order valence-electron chi connectivity index (χ0n) is 12.2. The fraction of sp³-hybridized carbons (Fsp3) is 0.500. The third-order valence-electron chi connectivity index (χ3n) is 2.75. The first-order chi connectivity index (χ1) is 9.45. The molecule has 5 nitrogen and oxygen atoms in total. The second-order valence-electron chi connectivity index (χ2n) is 4.50. The molecule has 0 aliphatic heterocycles. The average Bonchev–Trinajstić information content (AvgIpc) is 2.33. The SMILES string of the molecule is CCOC(=O)CCCNc1nc(C)cc(C)c1C(N)=S. The first kappa shape index (κ1) is 16.4. The number of hydrogen-bond acceptors (Lipinski definition) is 5. The number of esters is 1. The molecule has 0 fully saturated rings. The van der Waals surface area contributed by atoms with Crippen LogP contribution in [0, 0.1) is 13.8 Å². The molecule has 6 heteroatoms. The Morgan fingerprint density at radius 1 is 1.50 bits per heavy atom. The molecule has 0 atom stereocenters. The summed E-state index contributed by atoms with van der Waals surface area (Å²) in [5.41, 5.74) is 8.40. The maximum absolute atomic E-state index is 11.2.